The Morgan fingerprint density at radius 3 is 2.60 bits per heavy atom. The van der Waals surface area contributed by atoms with Gasteiger partial charge >= 0.3 is 6.03 Å². The Bertz CT molecular complexity index is 265. The summed E-state index contributed by atoms with van der Waals surface area (Å²) < 4.78 is 0. The molecule has 1 saturated heterocycles. The minimum Gasteiger partial charge on any atom is -0.337 e. The van der Waals surface area contributed by atoms with Crippen LogP contribution in [0.4, 0.5) is 4.79 Å². The summed E-state index contributed by atoms with van der Waals surface area (Å²) in [5, 5.41) is 2.78. The zero-order chi connectivity index (χ0) is 11.5. The number of imide groups is 1. The maximum absolute atomic E-state index is 12.1. The summed E-state index contributed by atoms with van der Waals surface area (Å²) in [7, 11) is 0. The van der Waals surface area contributed by atoms with Gasteiger partial charge in [0.2, 0.25) is 5.91 Å². The zero-order valence-electron chi connectivity index (χ0n) is 9.80. The van der Waals surface area contributed by atoms with E-state index in [0.717, 1.165) is 19.3 Å². The average Bonchev–Trinajstić information content (AvgIpc) is 2.24. The van der Waals surface area contributed by atoms with Crippen LogP contribution in [0.2, 0.25) is 0 Å². The monoisotopic (exact) mass is 212 g/mol. The lowest BCUT2D eigenvalue weighted by molar-refractivity contribution is -0.140. The fourth-order valence-corrected chi connectivity index (χ4v) is 1.66. The van der Waals surface area contributed by atoms with Crippen molar-refractivity contribution in [3.63, 3.8) is 0 Å². The molecule has 0 saturated carbocycles. The summed E-state index contributed by atoms with van der Waals surface area (Å²) in [4.78, 5) is 24.9. The summed E-state index contributed by atoms with van der Waals surface area (Å²) in [6.07, 6.45) is 2.62. The van der Waals surface area contributed by atoms with Crippen LogP contribution in [0, 0.1) is 5.41 Å². The maximum Gasteiger partial charge on any atom is 0.324 e. The second kappa shape index (κ2) is 4.64. The summed E-state index contributed by atoms with van der Waals surface area (Å²) in [5.41, 5.74) is -0.415. The molecular weight excluding hydrogens is 192 g/mol. The first-order valence-corrected chi connectivity index (χ1v) is 5.65. The molecule has 1 aliphatic rings. The fraction of sp³-hybridized carbons (Fsp3) is 0.818. The molecule has 15 heavy (non-hydrogen) atoms. The van der Waals surface area contributed by atoms with Gasteiger partial charge in [-0.1, -0.05) is 20.3 Å². The lowest BCUT2D eigenvalue weighted by Crippen LogP contribution is -2.59. The van der Waals surface area contributed by atoms with Crippen LogP contribution in [-0.2, 0) is 4.79 Å². The highest BCUT2D eigenvalue weighted by atomic mass is 16.2. The molecule has 1 unspecified atom stereocenters. The van der Waals surface area contributed by atoms with Crippen molar-refractivity contribution in [3.05, 3.63) is 0 Å². The van der Waals surface area contributed by atoms with Gasteiger partial charge in [-0.15, -0.1) is 0 Å². The number of amides is 3. The van der Waals surface area contributed by atoms with E-state index in [2.05, 4.69) is 5.32 Å². The number of hydrogen-bond acceptors (Lipinski definition) is 2. The fourth-order valence-electron chi connectivity index (χ4n) is 1.66. The first-order chi connectivity index (χ1) is 7.05. The molecule has 0 aromatic carbocycles. The Hall–Kier alpha value is -1.06. The Morgan fingerprint density at radius 1 is 1.40 bits per heavy atom. The van der Waals surface area contributed by atoms with Crippen molar-refractivity contribution in [1.29, 1.82) is 0 Å². The molecule has 86 valence electrons. The van der Waals surface area contributed by atoms with Gasteiger partial charge in [0.15, 0.2) is 0 Å². The highest BCUT2D eigenvalue weighted by Gasteiger charge is 2.41. The molecule has 1 rings (SSSR count). The van der Waals surface area contributed by atoms with Gasteiger partial charge in [0.1, 0.15) is 0 Å². The highest BCUT2D eigenvalue weighted by molar-refractivity contribution is 5.99. The average molecular weight is 212 g/mol. The zero-order valence-corrected chi connectivity index (χ0v) is 9.80. The Morgan fingerprint density at radius 2 is 2.07 bits per heavy atom. The van der Waals surface area contributed by atoms with Crippen LogP contribution in [0.5, 0.6) is 0 Å². The van der Waals surface area contributed by atoms with Gasteiger partial charge in [-0.25, -0.2) is 4.79 Å². The highest BCUT2D eigenvalue weighted by Crippen LogP contribution is 2.26. The number of urea groups is 1. The van der Waals surface area contributed by atoms with Gasteiger partial charge in [-0.05, 0) is 19.8 Å². The second-order valence-electron chi connectivity index (χ2n) is 4.38. The predicted molar refractivity (Wildman–Crippen MR) is 58.4 cm³/mol. The molecule has 1 aliphatic heterocycles. The van der Waals surface area contributed by atoms with E-state index in [1.165, 1.54) is 4.90 Å². The second-order valence-corrected chi connectivity index (χ2v) is 4.38. The van der Waals surface area contributed by atoms with Crippen LogP contribution < -0.4 is 5.32 Å². The predicted octanol–water partition coefficient (Wildman–Crippen LogP) is 1.75. The Labute approximate surface area is 91.0 Å². The molecule has 4 nitrogen and oxygen atoms in total. The molecule has 3 amide bonds. The summed E-state index contributed by atoms with van der Waals surface area (Å²) >= 11 is 0. The van der Waals surface area contributed by atoms with Crippen LogP contribution in [0.25, 0.3) is 0 Å². The first-order valence-electron chi connectivity index (χ1n) is 5.65. The first kappa shape index (κ1) is 12.0. The number of nitrogens with one attached hydrogen (secondary N) is 1. The molecular formula is C11H20N2O2. The number of carbonyl (C=O) groups excluding carboxylic acids is 2. The van der Waals surface area contributed by atoms with E-state index < -0.39 is 5.41 Å². The minimum absolute atomic E-state index is 0.0257. The van der Waals surface area contributed by atoms with Gasteiger partial charge in [0.25, 0.3) is 0 Å². The number of rotatable bonds is 4. The SMILES string of the molecule is CCCCN1C(=O)NCC(C)(CC)C1=O. The van der Waals surface area contributed by atoms with Crippen molar-refractivity contribution in [3.8, 4) is 0 Å². The number of nitrogens with zero attached hydrogens (tertiary/aromatic N) is 1. The van der Waals surface area contributed by atoms with Crippen LogP contribution in [0.3, 0.4) is 0 Å². The standard InChI is InChI=1S/C11H20N2O2/c1-4-6-7-13-9(14)11(3,5-2)8-12-10(13)15/h4-8H2,1-3H3,(H,12,15). The molecule has 1 heterocycles. The molecule has 0 spiro atoms. The summed E-state index contributed by atoms with van der Waals surface area (Å²) in [6.45, 7) is 6.94. The third-order valence-corrected chi connectivity index (χ3v) is 3.15. The Kier molecular flexibility index (Phi) is 3.72. The molecule has 1 atom stereocenters. The lowest BCUT2D eigenvalue weighted by Gasteiger charge is -2.38. The summed E-state index contributed by atoms with van der Waals surface area (Å²) in [6, 6.07) is -0.237. The molecule has 0 aliphatic carbocycles. The van der Waals surface area contributed by atoms with Gasteiger partial charge in [-0.2, -0.15) is 0 Å². The van der Waals surface area contributed by atoms with E-state index in [9.17, 15) is 9.59 Å². The van der Waals surface area contributed by atoms with E-state index in [1.54, 1.807) is 0 Å². The van der Waals surface area contributed by atoms with Crippen molar-refractivity contribution in [2.45, 2.75) is 40.0 Å². The topological polar surface area (TPSA) is 49.4 Å². The van der Waals surface area contributed by atoms with Crippen molar-refractivity contribution >= 4 is 11.9 Å². The number of carbonyl (C=O) groups is 2. The minimum atomic E-state index is -0.415. The largest absolute Gasteiger partial charge is 0.337 e. The smallest absolute Gasteiger partial charge is 0.324 e. The summed E-state index contributed by atoms with van der Waals surface area (Å²) in [5.74, 6) is -0.0257. The third-order valence-electron chi connectivity index (χ3n) is 3.15. The number of unbranched alkanes of at least 4 members (excludes halogenated alkanes) is 1. The van der Waals surface area contributed by atoms with Crippen LogP contribution in [0.15, 0.2) is 0 Å². The molecule has 0 aromatic rings. The van der Waals surface area contributed by atoms with Gasteiger partial charge in [0, 0.05) is 13.1 Å². The van der Waals surface area contributed by atoms with Crippen molar-refractivity contribution in [2.24, 2.45) is 5.41 Å². The van der Waals surface area contributed by atoms with Crippen molar-refractivity contribution in [2.75, 3.05) is 13.1 Å². The van der Waals surface area contributed by atoms with Gasteiger partial charge in [-0.3, -0.25) is 9.69 Å². The van der Waals surface area contributed by atoms with Gasteiger partial charge < -0.3 is 5.32 Å². The van der Waals surface area contributed by atoms with E-state index in [-0.39, 0.29) is 11.9 Å². The van der Waals surface area contributed by atoms with Gasteiger partial charge in [0.05, 0.1) is 5.41 Å². The van der Waals surface area contributed by atoms with Crippen molar-refractivity contribution in [1.82, 2.24) is 10.2 Å². The molecule has 0 aromatic heterocycles. The maximum atomic E-state index is 12.1. The van der Waals surface area contributed by atoms with E-state index in [0.29, 0.717) is 13.1 Å². The quantitative estimate of drug-likeness (QED) is 0.772. The van der Waals surface area contributed by atoms with Crippen LogP contribution in [-0.4, -0.2) is 29.9 Å². The Balaban J connectivity index is 2.74. The molecule has 1 N–H and O–H groups in total. The molecule has 0 radical (unpaired) electrons. The normalized spacial score (nSPS) is 26.7. The lowest BCUT2D eigenvalue weighted by atomic mass is 9.84. The molecule has 0 bridgehead atoms. The third kappa shape index (κ3) is 2.30. The van der Waals surface area contributed by atoms with Crippen LogP contribution >= 0.6 is 0 Å². The molecule has 1 fully saturated rings. The van der Waals surface area contributed by atoms with Crippen LogP contribution in [0.1, 0.15) is 40.0 Å². The van der Waals surface area contributed by atoms with E-state index >= 15 is 0 Å². The number of hydrogen-bond donors (Lipinski definition) is 1. The van der Waals surface area contributed by atoms with E-state index in [4.69, 9.17) is 0 Å². The van der Waals surface area contributed by atoms with E-state index in [1.807, 2.05) is 20.8 Å². The van der Waals surface area contributed by atoms with Crippen molar-refractivity contribution < 1.29 is 9.59 Å². The molecule has 4 heteroatoms.